The topological polar surface area (TPSA) is 84.1 Å². The van der Waals surface area contributed by atoms with Crippen molar-refractivity contribution in [3.63, 3.8) is 0 Å². The van der Waals surface area contributed by atoms with Gasteiger partial charge in [-0.15, -0.1) is 0 Å². The molecule has 0 radical (unpaired) electrons. The van der Waals surface area contributed by atoms with E-state index in [-0.39, 0.29) is 11.5 Å². The van der Waals surface area contributed by atoms with Crippen LogP contribution in [-0.2, 0) is 6.42 Å². The Labute approximate surface area is 175 Å². The smallest absolute Gasteiger partial charge is 0.256 e. The number of hydrogen-bond donors (Lipinski definition) is 2. The van der Waals surface area contributed by atoms with Crippen LogP contribution in [0.15, 0.2) is 48.8 Å². The zero-order chi connectivity index (χ0) is 21.1. The van der Waals surface area contributed by atoms with Crippen molar-refractivity contribution >= 4 is 11.7 Å². The van der Waals surface area contributed by atoms with E-state index in [1.54, 1.807) is 35.5 Å². The van der Waals surface area contributed by atoms with Gasteiger partial charge >= 0.3 is 0 Å². The van der Waals surface area contributed by atoms with Crippen LogP contribution in [0.5, 0.6) is 0 Å². The Hall–Kier alpha value is -3.32. The van der Waals surface area contributed by atoms with Crippen molar-refractivity contribution < 1.29 is 9.18 Å². The Bertz CT molecular complexity index is 1060. The van der Waals surface area contributed by atoms with Crippen molar-refractivity contribution in [2.75, 3.05) is 31.9 Å². The summed E-state index contributed by atoms with van der Waals surface area (Å²) in [6.07, 6.45) is 4.14. The molecule has 3 aromatic rings. The zero-order valence-corrected chi connectivity index (χ0v) is 16.9. The highest BCUT2D eigenvalue weighted by molar-refractivity contribution is 5.95. The summed E-state index contributed by atoms with van der Waals surface area (Å²) in [7, 11) is 0. The van der Waals surface area contributed by atoms with Crippen molar-refractivity contribution in [3.8, 4) is 22.3 Å². The summed E-state index contributed by atoms with van der Waals surface area (Å²) in [6, 6.07) is 10.3. The van der Waals surface area contributed by atoms with E-state index in [9.17, 15) is 4.79 Å². The fourth-order valence-electron chi connectivity index (χ4n) is 3.78. The molecule has 7 heteroatoms. The molecule has 6 nitrogen and oxygen atoms in total. The first-order valence-corrected chi connectivity index (χ1v) is 10.1. The molecular weight excluding hydrogens is 381 g/mol. The Morgan fingerprint density at radius 3 is 2.57 bits per heavy atom. The number of carbonyl (C=O) groups excluding carboxylic acids is 1. The summed E-state index contributed by atoms with van der Waals surface area (Å²) in [5.74, 6) is -0.358. The molecule has 30 heavy (non-hydrogen) atoms. The normalized spacial score (nSPS) is 14.0. The second-order valence-electron chi connectivity index (χ2n) is 7.24. The summed E-state index contributed by atoms with van der Waals surface area (Å²) in [5.41, 5.74) is 10.0. The van der Waals surface area contributed by atoms with Gasteiger partial charge in [-0.1, -0.05) is 13.0 Å². The molecule has 2 aromatic heterocycles. The summed E-state index contributed by atoms with van der Waals surface area (Å²) >= 11 is 0. The molecule has 3 N–H and O–H groups in total. The largest absolute Gasteiger partial charge is 0.384 e. The van der Waals surface area contributed by atoms with Gasteiger partial charge in [0.05, 0.1) is 5.56 Å². The molecule has 1 aromatic carbocycles. The number of halogens is 1. The molecule has 1 fully saturated rings. The summed E-state index contributed by atoms with van der Waals surface area (Å²) in [4.78, 5) is 23.1. The highest BCUT2D eigenvalue weighted by atomic mass is 19.1. The number of nitrogens with one attached hydrogen (secondary N) is 1. The van der Waals surface area contributed by atoms with Crippen LogP contribution in [0.3, 0.4) is 0 Å². The van der Waals surface area contributed by atoms with E-state index in [0.717, 1.165) is 41.9 Å². The van der Waals surface area contributed by atoms with Crippen LogP contribution in [0.4, 0.5) is 10.2 Å². The van der Waals surface area contributed by atoms with Gasteiger partial charge < -0.3 is 16.0 Å². The lowest BCUT2D eigenvalue weighted by molar-refractivity contribution is 0.0731. The van der Waals surface area contributed by atoms with Crippen LogP contribution in [0.25, 0.3) is 22.3 Å². The average Bonchev–Trinajstić information content (AvgIpc) is 2.79. The van der Waals surface area contributed by atoms with Crippen LogP contribution in [0, 0.1) is 5.82 Å². The SMILES string of the molecule is CCc1nccc(-c2ccc(C(=O)N3CCNCC3)c(F)c2)c1-c1ccc(N)nc1. The number of piperazine rings is 1. The van der Waals surface area contributed by atoms with Crippen LogP contribution < -0.4 is 11.1 Å². The number of amides is 1. The van der Waals surface area contributed by atoms with Crippen molar-refractivity contribution in [2.24, 2.45) is 0 Å². The third kappa shape index (κ3) is 3.89. The molecule has 0 atom stereocenters. The number of aromatic nitrogens is 2. The molecule has 3 heterocycles. The number of carbonyl (C=O) groups is 1. The lowest BCUT2D eigenvalue weighted by Crippen LogP contribution is -2.46. The summed E-state index contributed by atoms with van der Waals surface area (Å²) in [6.45, 7) is 4.63. The highest BCUT2D eigenvalue weighted by Gasteiger charge is 2.22. The minimum atomic E-state index is -0.521. The lowest BCUT2D eigenvalue weighted by atomic mass is 9.93. The van der Waals surface area contributed by atoms with Gasteiger partial charge in [0.15, 0.2) is 0 Å². The molecule has 0 bridgehead atoms. The van der Waals surface area contributed by atoms with Gasteiger partial charge in [0.1, 0.15) is 11.6 Å². The number of benzene rings is 1. The second-order valence-corrected chi connectivity index (χ2v) is 7.24. The van der Waals surface area contributed by atoms with E-state index in [0.29, 0.717) is 24.5 Å². The Morgan fingerprint density at radius 1 is 1.13 bits per heavy atom. The van der Waals surface area contributed by atoms with E-state index in [4.69, 9.17) is 5.73 Å². The maximum atomic E-state index is 15.0. The van der Waals surface area contributed by atoms with Crippen molar-refractivity contribution in [2.45, 2.75) is 13.3 Å². The van der Waals surface area contributed by atoms with Gasteiger partial charge in [-0.05, 0) is 47.9 Å². The highest BCUT2D eigenvalue weighted by Crippen LogP contribution is 2.35. The Balaban J connectivity index is 1.75. The van der Waals surface area contributed by atoms with Gasteiger partial charge in [-0.25, -0.2) is 9.37 Å². The molecule has 0 spiro atoms. The first-order chi connectivity index (χ1) is 14.6. The number of aryl methyl sites for hydroxylation is 1. The van der Waals surface area contributed by atoms with E-state index < -0.39 is 5.82 Å². The number of nitrogen functional groups attached to an aromatic ring is 1. The maximum Gasteiger partial charge on any atom is 0.256 e. The number of nitrogens with zero attached hydrogens (tertiary/aromatic N) is 3. The number of nitrogens with two attached hydrogens (primary N) is 1. The molecule has 1 saturated heterocycles. The quantitative estimate of drug-likeness (QED) is 0.697. The van der Waals surface area contributed by atoms with E-state index in [1.165, 1.54) is 6.07 Å². The Kier molecular flexibility index (Phi) is 5.72. The minimum Gasteiger partial charge on any atom is -0.384 e. The minimum absolute atomic E-state index is 0.0983. The van der Waals surface area contributed by atoms with Gasteiger partial charge in [0.2, 0.25) is 0 Å². The monoisotopic (exact) mass is 405 g/mol. The second kappa shape index (κ2) is 8.59. The van der Waals surface area contributed by atoms with Crippen LogP contribution in [0.2, 0.25) is 0 Å². The molecule has 0 aliphatic carbocycles. The number of pyridine rings is 2. The standard InChI is InChI=1S/C23H24FN5O/c1-2-20-22(16-4-6-21(25)28-14-16)17(7-8-27-20)15-3-5-18(19(24)13-15)23(30)29-11-9-26-10-12-29/h3-8,13-14,26H,2,9-12H2,1H3,(H2,25,28). The average molecular weight is 405 g/mol. The molecule has 4 rings (SSSR count). The van der Waals surface area contributed by atoms with Gasteiger partial charge in [-0.2, -0.15) is 0 Å². The molecule has 1 aliphatic rings. The molecule has 1 aliphatic heterocycles. The number of rotatable bonds is 4. The third-order valence-corrected chi connectivity index (χ3v) is 5.35. The zero-order valence-electron chi connectivity index (χ0n) is 16.9. The maximum absolute atomic E-state index is 15.0. The van der Waals surface area contributed by atoms with Crippen molar-refractivity contribution in [1.29, 1.82) is 0 Å². The molecule has 154 valence electrons. The predicted molar refractivity (Wildman–Crippen MR) is 115 cm³/mol. The van der Waals surface area contributed by atoms with Crippen molar-refractivity contribution in [3.05, 3.63) is 65.9 Å². The van der Waals surface area contributed by atoms with Crippen LogP contribution >= 0.6 is 0 Å². The fourth-order valence-corrected chi connectivity index (χ4v) is 3.78. The van der Waals surface area contributed by atoms with Gasteiger partial charge in [0.25, 0.3) is 5.91 Å². The summed E-state index contributed by atoms with van der Waals surface area (Å²) in [5, 5.41) is 3.20. The van der Waals surface area contributed by atoms with Crippen LogP contribution in [0.1, 0.15) is 23.0 Å². The summed E-state index contributed by atoms with van der Waals surface area (Å²) < 4.78 is 15.0. The Morgan fingerprint density at radius 2 is 1.90 bits per heavy atom. The molecule has 0 unspecified atom stereocenters. The first-order valence-electron chi connectivity index (χ1n) is 10.1. The fraction of sp³-hybridized carbons (Fsp3) is 0.261. The molecular formula is C23H24FN5O. The number of hydrogen-bond acceptors (Lipinski definition) is 5. The lowest BCUT2D eigenvalue weighted by Gasteiger charge is -2.27. The van der Waals surface area contributed by atoms with E-state index in [1.807, 2.05) is 19.1 Å². The first kappa shape index (κ1) is 20.0. The number of anilines is 1. The molecule has 1 amide bonds. The third-order valence-electron chi connectivity index (χ3n) is 5.35. The van der Waals surface area contributed by atoms with Crippen molar-refractivity contribution in [1.82, 2.24) is 20.2 Å². The molecule has 0 saturated carbocycles. The van der Waals surface area contributed by atoms with E-state index >= 15 is 4.39 Å². The van der Waals surface area contributed by atoms with E-state index in [2.05, 4.69) is 15.3 Å². The predicted octanol–water partition coefficient (Wildman–Crippen LogP) is 3.14. The van der Waals surface area contributed by atoms with Gasteiger partial charge in [-0.3, -0.25) is 9.78 Å². The van der Waals surface area contributed by atoms with Gasteiger partial charge in [0, 0.05) is 55.4 Å². The van der Waals surface area contributed by atoms with Crippen LogP contribution in [-0.4, -0.2) is 47.0 Å².